The average Bonchev–Trinajstić information content (AvgIpc) is 2.64. The summed E-state index contributed by atoms with van der Waals surface area (Å²) >= 11 is 0. The molecule has 2 fully saturated rings. The molecule has 1 saturated heterocycles. The van der Waals surface area contributed by atoms with Crippen LogP contribution in [0.2, 0.25) is 0 Å². The number of hydrogen-bond donors (Lipinski definition) is 2. The van der Waals surface area contributed by atoms with E-state index in [0.29, 0.717) is 12.3 Å². The van der Waals surface area contributed by atoms with Crippen LogP contribution >= 0.6 is 0 Å². The zero-order valence-electron chi connectivity index (χ0n) is 9.82. The second-order valence-corrected chi connectivity index (χ2v) is 5.40. The Balaban J connectivity index is 1.78. The van der Waals surface area contributed by atoms with Crippen LogP contribution in [-0.4, -0.2) is 41.1 Å². The second kappa shape index (κ2) is 4.72. The summed E-state index contributed by atoms with van der Waals surface area (Å²) < 4.78 is 0. The number of carbonyl (C=O) groups is 1. The number of aliphatic hydroxyl groups excluding tert-OH is 1. The van der Waals surface area contributed by atoms with Gasteiger partial charge in [0.05, 0.1) is 0 Å². The number of nitrogens with zero attached hydrogens (tertiary/aromatic N) is 1. The van der Waals surface area contributed by atoms with Crippen molar-refractivity contribution in [3.63, 3.8) is 0 Å². The van der Waals surface area contributed by atoms with Crippen molar-refractivity contribution >= 4 is 5.91 Å². The fraction of sp³-hybridized carbons (Fsp3) is 0.917. The van der Waals surface area contributed by atoms with Gasteiger partial charge in [-0.1, -0.05) is 0 Å². The van der Waals surface area contributed by atoms with Crippen LogP contribution in [0.25, 0.3) is 0 Å². The van der Waals surface area contributed by atoms with Gasteiger partial charge in [-0.15, -0.1) is 0 Å². The number of nitrogens with two attached hydrogens (primary N) is 1. The first-order chi connectivity index (χ1) is 7.63. The molecule has 0 bridgehead atoms. The second-order valence-electron chi connectivity index (χ2n) is 5.40. The van der Waals surface area contributed by atoms with Crippen molar-refractivity contribution in [1.29, 1.82) is 0 Å². The summed E-state index contributed by atoms with van der Waals surface area (Å²) in [5, 5.41) is 8.86. The van der Waals surface area contributed by atoms with Crippen LogP contribution in [0.1, 0.15) is 38.5 Å². The van der Waals surface area contributed by atoms with E-state index in [2.05, 4.69) is 0 Å². The van der Waals surface area contributed by atoms with E-state index in [9.17, 15) is 4.79 Å². The molecule has 0 aromatic rings. The van der Waals surface area contributed by atoms with Crippen molar-refractivity contribution in [3.05, 3.63) is 0 Å². The minimum absolute atomic E-state index is 0.202. The van der Waals surface area contributed by atoms with Crippen LogP contribution in [0.4, 0.5) is 0 Å². The van der Waals surface area contributed by atoms with Crippen molar-refractivity contribution in [3.8, 4) is 0 Å². The molecule has 0 aromatic heterocycles. The summed E-state index contributed by atoms with van der Waals surface area (Å²) in [5.41, 5.74) is 5.87. The van der Waals surface area contributed by atoms with Crippen molar-refractivity contribution in [2.24, 2.45) is 11.7 Å². The Morgan fingerprint density at radius 3 is 2.81 bits per heavy atom. The van der Waals surface area contributed by atoms with Crippen molar-refractivity contribution in [2.75, 3.05) is 19.7 Å². The molecule has 1 aliphatic heterocycles. The van der Waals surface area contributed by atoms with Gasteiger partial charge >= 0.3 is 0 Å². The summed E-state index contributed by atoms with van der Waals surface area (Å²) in [5.74, 6) is 0.701. The van der Waals surface area contributed by atoms with Crippen molar-refractivity contribution in [1.82, 2.24) is 4.90 Å². The summed E-state index contributed by atoms with van der Waals surface area (Å²) in [4.78, 5) is 13.9. The van der Waals surface area contributed by atoms with Crippen LogP contribution in [0.15, 0.2) is 0 Å². The van der Waals surface area contributed by atoms with E-state index < -0.39 is 0 Å². The predicted octanol–water partition coefficient (Wildman–Crippen LogP) is 0.489. The SMILES string of the molecule is NC1(CC(=O)N2CCC(CCO)C2)CCC1. The number of rotatable bonds is 4. The number of carbonyl (C=O) groups excluding carboxylic acids is 1. The van der Waals surface area contributed by atoms with Gasteiger partial charge in [0.1, 0.15) is 0 Å². The molecule has 1 amide bonds. The molecule has 3 N–H and O–H groups in total. The van der Waals surface area contributed by atoms with Gasteiger partial charge in [0.25, 0.3) is 0 Å². The molecule has 92 valence electrons. The fourth-order valence-corrected chi connectivity index (χ4v) is 2.70. The van der Waals surface area contributed by atoms with Crippen LogP contribution < -0.4 is 5.73 Å². The molecule has 4 nitrogen and oxygen atoms in total. The minimum atomic E-state index is -0.202. The smallest absolute Gasteiger partial charge is 0.224 e. The lowest BCUT2D eigenvalue weighted by Gasteiger charge is -2.38. The van der Waals surface area contributed by atoms with Crippen LogP contribution in [0.5, 0.6) is 0 Å². The Bertz CT molecular complexity index is 264. The minimum Gasteiger partial charge on any atom is -0.396 e. The van der Waals surface area contributed by atoms with Gasteiger partial charge in [0.15, 0.2) is 0 Å². The molecule has 0 aromatic carbocycles. The Labute approximate surface area is 96.8 Å². The lowest BCUT2D eigenvalue weighted by atomic mass is 9.75. The number of aliphatic hydroxyl groups is 1. The highest BCUT2D eigenvalue weighted by Gasteiger charge is 2.37. The Kier molecular flexibility index (Phi) is 3.50. The summed E-state index contributed by atoms with van der Waals surface area (Å²) in [6, 6.07) is 0. The van der Waals surface area contributed by atoms with Gasteiger partial charge in [-0.2, -0.15) is 0 Å². The van der Waals surface area contributed by atoms with E-state index in [1.54, 1.807) is 0 Å². The maximum Gasteiger partial charge on any atom is 0.224 e. The molecule has 1 saturated carbocycles. The molecule has 0 radical (unpaired) electrons. The maximum absolute atomic E-state index is 12.0. The van der Waals surface area contributed by atoms with Crippen LogP contribution in [0, 0.1) is 5.92 Å². The van der Waals surface area contributed by atoms with Crippen molar-refractivity contribution < 1.29 is 9.90 Å². The maximum atomic E-state index is 12.0. The number of amides is 1. The quantitative estimate of drug-likeness (QED) is 0.733. The molecule has 2 aliphatic rings. The molecule has 1 heterocycles. The molecule has 0 spiro atoms. The zero-order valence-corrected chi connectivity index (χ0v) is 9.82. The van der Waals surface area contributed by atoms with E-state index in [0.717, 1.165) is 45.2 Å². The van der Waals surface area contributed by atoms with E-state index in [1.807, 2.05) is 4.90 Å². The first kappa shape index (κ1) is 11.9. The van der Waals surface area contributed by atoms with E-state index in [1.165, 1.54) is 0 Å². The number of hydrogen-bond acceptors (Lipinski definition) is 3. The molecule has 4 heteroatoms. The Morgan fingerprint density at radius 1 is 1.50 bits per heavy atom. The summed E-state index contributed by atoms with van der Waals surface area (Å²) in [6.45, 7) is 1.89. The van der Waals surface area contributed by atoms with Crippen LogP contribution in [0.3, 0.4) is 0 Å². The highest BCUT2D eigenvalue weighted by molar-refractivity contribution is 5.77. The molecule has 1 aliphatic carbocycles. The van der Waals surface area contributed by atoms with E-state index >= 15 is 0 Å². The van der Waals surface area contributed by atoms with Crippen LogP contribution in [-0.2, 0) is 4.79 Å². The Morgan fingerprint density at radius 2 is 2.25 bits per heavy atom. The molecule has 1 unspecified atom stereocenters. The fourth-order valence-electron chi connectivity index (χ4n) is 2.70. The van der Waals surface area contributed by atoms with Gasteiger partial charge in [-0.25, -0.2) is 0 Å². The van der Waals surface area contributed by atoms with Gasteiger partial charge in [-0.3, -0.25) is 4.79 Å². The number of likely N-dealkylation sites (tertiary alicyclic amines) is 1. The standard InChI is InChI=1S/C12H22N2O2/c13-12(4-1-5-12)8-11(16)14-6-2-10(9-14)3-7-15/h10,15H,1-9,13H2. The van der Waals surface area contributed by atoms with E-state index in [-0.39, 0.29) is 18.1 Å². The highest BCUT2D eigenvalue weighted by atomic mass is 16.3. The van der Waals surface area contributed by atoms with Crippen molar-refractivity contribution in [2.45, 2.75) is 44.1 Å². The lowest BCUT2D eigenvalue weighted by molar-refractivity contribution is -0.132. The van der Waals surface area contributed by atoms with Gasteiger partial charge in [0.2, 0.25) is 5.91 Å². The monoisotopic (exact) mass is 226 g/mol. The van der Waals surface area contributed by atoms with Gasteiger partial charge < -0.3 is 15.7 Å². The topological polar surface area (TPSA) is 66.6 Å². The third-order valence-corrected chi connectivity index (χ3v) is 4.03. The molecule has 16 heavy (non-hydrogen) atoms. The molecule has 2 rings (SSSR count). The third kappa shape index (κ3) is 2.55. The molecular formula is C12H22N2O2. The lowest BCUT2D eigenvalue weighted by Crippen LogP contribution is -2.50. The van der Waals surface area contributed by atoms with E-state index in [4.69, 9.17) is 10.8 Å². The largest absolute Gasteiger partial charge is 0.396 e. The molecule has 1 atom stereocenters. The first-order valence-electron chi connectivity index (χ1n) is 6.30. The zero-order chi connectivity index (χ0) is 11.6. The molecular weight excluding hydrogens is 204 g/mol. The normalized spacial score (nSPS) is 27.9. The van der Waals surface area contributed by atoms with Gasteiger partial charge in [0, 0.05) is 31.7 Å². The summed E-state index contributed by atoms with van der Waals surface area (Å²) in [7, 11) is 0. The highest BCUT2D eigenvalue weighted by Crippen LogP contribution is 2.33. The first-order valence-corrected chi connectivity index (χ1v) is 6.30. The summed E-state index contributed by atoms with van der Waals surface area (Å²) in [6.07, 6.45) is 5.51. The van der Waals surface area contributed by atoms with Gasteiger partial charge in [-0.05, 0) is 38.0 Å². The predicted molar refractivity (Wildman–Crippen MR) is 61.8 cm³/mol. The third-order valence-electron chi connectivity index (χ3n) is 4.03. The Hall–Kier alpha value is -0.610. The average molecular weight is 226 g/mol.